The van der Waals surface area contributed by atoms with Crippen LogP contribution in [0.25, 0.3) is 0 Å². The lowest BCUT2D eigenvalue weighted by molar-refractivity contribution is 0.225. The van der Waals surface area contributed by atoms with Crippen LogP contribution in [0, 0.1) is 0 Å². The molecule has 0 radical (unpaired) electrons. The molecule has 3 aromatic rings. The third-order valence-electron chi connectivity index (χ3n) is 5.91. The van der Waals surface area contributed by atoms with Gasteiger partial charge in [0.2, 0.25) is 5.75 Å². The number of hydrogen-bond acceptors (Lipinski definition) is 8. The molecule has 34 heavy (non-hydrogen) atoms. The number of aliphatic imine (C=N–C) groups is 2. The summed E-state index contributed by atoms with van der Waals surface area (Å²) in [6, 6.07) is 10.3. The molecule has 1 aromatic heterocycles. The van der Waals surface area contributed by atoms with Gasteiger partial charge in [0.25, 0.3) is 0 Å². The van der Waals surface area contributed by atoms with Crippen LogP contribution in [0.4, 0.5) is 10.6 Å². The maximum absolute atomic E-state index is 13.4. The van der Waals surface area contributed by atoms with E-state index >= 15 is 0 Å². The van der Waals surface area contributed by atoms with Crippen molar-refractivity contribution in [1.29, 1.82) is 0 Å². The standard InChI is InChI=1S/C23H22N6O5/c1-32-14-6-4-13(5-7-14)10-29-21-23(28-22(29)31,19-20(25-11-24-19)26-12-27-21)15-8-9-16(33-2)18(34-3)17(15)30/h4-9,11-12,30H,10H2,1-3H3,(H,24,25)(H,28,31). The Morgan fingerprint density at radius 2 is 1.85 bits per heavy atom. The number of aromatic hydroxyl groups is 1. The minimum atomic E-state index is -1.41. The van der Waals surface area contributed by atoms with Gasteiger partial charge < -0.3 is 29.6 Å². The van der Waals surface area contributed by atoms with Crippen LogP contribution >= 0.6 is 0 Å². The van der Waals surface area contributed by atoms with Gasteiger partial charge in [-0.15, -0.1) is 0 Å². The lowest BCUT2D eigenvalue weighted by Gasteiger charge is -2.30. The molecule has 2 aliphatic rings. The number of H-pyrrole nitrogens is 1. The van der Waals surface area contributed by atoms with Gasteiger partial charge in [-0.1, -0.05) is 12.1 Å². The number of fused-ring (bicyclic) bond motifs is 3. The Bertz CT molecular complexity index is 1320. The number of methoxy groups -OCH3 is 3. The van der Waals surface area contributed by atoms with E-state index in [1.54, 1.807) is 19.2 Å². The summed E-state index contributed by atoms with van der Waals surface area (Å²) in [5, 5.41) is 14.3. The molecule has 0 saturated carbocycles. The van der Waals surface area contributed by atoms with Gasteiger partial charge in [-0.3, -0.25) is 4.90 Å². The van der Waals surface area contributed by atoms with Crippen LogP contribution in [0.15, 0.2) is 52.7 Å². The van der Waals surface area contributed by atoms with E-state index in [9.17, 15) is 9.90 Å². The first-order chi connectivity index (χ1) is 16.5. The summed E-state index contributed by atoms with van der Waals surface area (Å²) in [6.45, 7) is 0.224. The zero-order valence-electron chi connectivity index (χ0n) is 18.7. The predicted octanol–water partition coefficient (Wildman–Crippen LogP) is 2.68. The van der Waals surface area contributed by atoms with Gasteiger partial charge in [0.1, 0.15) is 17.8 Å². The molecular formula is C23H22N6O5. The molecule has 5 rings (SSSR count). The quantitative estimate of drug-likeness (QED) is 0.516. The predicted molar refractivity (Wildman–Crippen MR) is 123 cm³/mol. The number of nitrogens with one attached hydrogen (secondary N) is 2. The third-order valence-corrected chi connectivity index (χ3v) is 5.91. The number of hydrogen-bond donors (Lipinski definition) is 3. The monoisotopic (exact) mass is 462 g/mol. The van der Waals surface area contributed by atoms with Crippen molar-refractivity contribution in [2.45, 2.75) is 12.1 Å². The van der Waals surface area contributed by atoms with Gasteiger partial charge in [-0.2, -0.15) is 0 Å². The van der Waals surface area contributed by atoms with Gasteiger partial charge >= 0.3 is 6.03 Å². The molecule has 0 spiro atoms. The first-order valence-corrected chi connectivity index (χ1v) is 10.3. The molecule has 1 saturated heterocycles. The summed E-state index contributed by atoms with van der Waals surface area (Å²) in [4.78, 5) is 31.0. The molecule has 1 atom stereocenters. The highest BCUT2D eigenvalue weighted by atomic mass is 16.5. The van der Waals surface area contributed by atoms with E-state index in [1.165, 1.54) is 31.8 Å². The number of ether oxygens (including phenoxy) is 3. The Morgan fingerprint density at radius 1 is 1.06 bits per heavy atom. The molecule has 2 aromatic carbocycles. The molecule has 1 unspecified atom stereocenters. The topological polar surface area (TPSA) is 134 Å². The summed E-state index contributed by atoms with van der Waals surface area (Å²) in [6.07, 6.45) is 2.82. The fourth-order valence-corrected chi connectivity index (χ4v) is 4.32. The fraction of sp³-hybridized carbons (Fsp3) is 0.217. The number of nitrogens with zero attached hydrogens (tertiary/aromatic N) is 4. The summed E-state index contributed by atoms with van der Waals surface area (Å²) in [7, 11) is 4.49. The summed E-state index contributed by atoms with van der Waals surface area (Å²) in [5.74, 6) is 1.63. The molecule has 0 bridgehead atoms. The number of aromatic amines is 1. The fourth-order valence-electron chi connectivity index (χ4n) is 4.32. The van der Waals surface area contributed by atoms with E-state index in [0.717, 1.165) is 5.56 Å². The van der Waals surface area contributed by atoms with Crippen molar-refractivity contribution in [3.8, 4) is 23.0 Å². The molecule has 0 aliphatic carbocycles. The maximum Gasteiger partial charge on any atom is 0.324 e. The highest BCUT2D eigenvalue weighted by Gasteiger charge is 2.56. The first-order valence-electron chi connectivity index (χ1n) is 10.3. The number of amides is 2. The number of aromatic nitrogens is 2. The zero-order valence-corrected chi connectivity index (χ0v) is 18.7. The average molecular weight is 462 g/mol. The highest BCUT2D eigenvalue weighted by Crippen LogP contribution is 2.49. The second kappa shape index (κ2) is 8.10. The summed E-state index contributed by atoms with van der Waals surface area (Å²) < 4.78 is 16.0. The van der Waals surface area contributed by atoms with Gasteiger partial charge in [0.05, 0.1) is 34.2 Å². The van der Waals surface area contributed by atoms with E-state index < -0.39 is 11.6 Å². The third kappa shape index (κ3) is 3.04. The lowest BCUT2D eigenvalue weighted by Crippen LogP contribution is -2.45. The van der Waals surface area contributed by atoms with Crippen LogP contribution < -0.4 is 19.5 Å². The summed E-state index contributed by atoms with van der Waals surface area (Å²) >= 11 is 0. The van der Waals surface area contributed by atoms with Gasteiger partial charge in [0.15, 0.2) is 28.7 Å². The molecule has 1 fully saturated rings. The van der Waals surface area contributed by atoms with Crippen LogP contribution in [-0.4, -0.2) is 59.5 Å². The number of benzene rings is 2. The number of amidine groups is 1. The van der Waals surface area contributed by atoms with Crippen LogP contribution in [0.5, 0.6) is 23.0 Å². The van der Waals surface area contributed by atoms with Crippen molar-refractivity contribution in [2.75, 3.05) is 21.3 Å². The Kier molecular flexibility index (Phi) is 5.08. The highest BCUT2D eigenvalue weighted by molar-refractivity contribution is 6.15. The number of phenolic OH excluding ortho intramolecular Hbond substituents is 1. The first kappa shape index (κ1) is 21.3. The number of rotatable bonds is 6. The van der Waals surface area contributed by atoms with Crippen molar-refractivity contribution < 1.29 is 24.1 Å². The van der Waals surface area contributed by atoms with E-state index in [1.807, 2.05) is 24.3 Å². The average Bonchev–Trinajstić information content (AvgIpc) is 3.39. The van der Waals surface area contributed by atoms with Crippen LogP contribution in [-0.2, 0) is 12.1 Å². The summed E-state index contributed by atoms with van der Waals surface area (Å²) in [5.41, 5.74) is 0.228. The smallest absolute Gasteiger partial charge is 0.324 e. The molecule has 11 heteroatoms. The van der Waals surface area contributed by atoms with E-state index in [0.29, 0.717) is 34.4 Å². The molecular weight excluding hydrogens is 440 g/mol. The Hall–Kier alpha value is -4.54. The number of carbonyl (C=O) groups excluding carboxylic acids is 1. The zero-order chi connectivity index (χ0) is 23.9. The molecule has 2 amide bonds. The second-order valence-corrected chi connectivity index (χ2v) is 7.61. The van der Waals surface area contributed by atoms with Crippen LogP contribution in [0.3, 0.4) is 0 Å². The molecule has 11 nitrogen and oxygen atoms in total. The van der Waals surface area contributed by atoms with E-state index in [4.69, 9.17) is 14.2 Å². The van der Waals surface area contributed by atoms with Crippen molar-refractivity contribution >= 4 is 24.0 Å². The SMILES string of the molecule is COc1ccc(CN2C(=O)NC3(c4ccc(OC)c(OC)c4O)C2=NC=Nc2nc[nH]c23)cc1. The van der Waals surface area contributed by atoms with Crippen LogP contribution in [0.1, 0.15) is 16.8 Å². The normalized spacial score (nSPS) is 18.5. The lowest BCUT2D eigenvalue weighted by atomic mass is 9.84. The minimum Gasteiger partial charge on any atom is -0.504 e. The molecule has 3 heterocycles. The number of imidazole rings is 1. The number of urea groups is 1. The van der Waals surface area contributed by atoms with Gasteiger partial charge in [-0.25, -0.2) is 19.8 Å². The second-order valence-electron chi connectivity index (χ2n) is 7.61. The van der Waals surface area contributed by atoms with Crippen molar-refractivity contribution in [3.63, 3.8) is 0 Å². The van der Waals surface area contributed by atoms with Crippen molar-refractivity contribution in [2.24, 2.45) is 9.98 Å². The maximum atomic E-state index is 13.4. The van der Waals surface area contributed by atoms with Crippen molar-refractivity contribution in [3.05, 3.63) is 59.5 Å². The van der Waals surface area contributed by atoms with Gasteiger partial charge in [-0.05, 0) is 29.8 Å². The number of phenols is 1. The van der Waals surface area contributed by atoms with Crippen LogP contribution in [0.2, 0.25) is 0 Å². The molecule has 2 aliphatic heterocycles. The Morgan fingerprint density at radius 3 is 2.56 bits per heavy atom. The largest absolute Gasteiger partial charge is 0.504 e. The number of carbonyl (C=O) groups is 1. The molecule has 174 valence electrons. The minimum absolute atomic E-state index is 0.128. The van der Waals surface area contributed by atoms with E-state index in [-0.39, 0.29) is 18.0 Å². The Labute approximate surface area is 194 Å². The Balaban J connectivity index is 1.69. The van der Waals surface area contributed by atoms with Gasteiger partial charge in [0, 0.05) is 5.56 Å². The molecule has 3 N–H and O–H groups in total. The van der Waals surface area contributed by atoms with Crippen molar-refractivity contribution in [1.82, 2.24) is 20.2 Å². The van der Waals surface area contributed by atoms with E-state index in [2.05, 4.69) is 25.3 Å².